The van der Waals surface area contributed by atoms with Gasteiger partial charge in [0.15, 0.2) is 0 Å². The van der Waals surface area contributed by atoms with E-state index in [0.717, 1.165) is 6.42 Å². The van der Waals surface area contributed by atoms with Gasteiger partial charge in [-0.2, -0.15) is 0 Å². The fraction of sp³-hybridized carbons (Fsp3) is 0.625. The van der Waals surface area contributed by atoms with Crippen molar-refractivity contribution >= 4 is 5.97 Å². The standard InChI is InChI=1S/C8H14O3/c1-3-5-6(4-2)7(9)8(10)11/h9H,3-5H2,1-2H3,(H,10,11)/b7-6+. The quantitative estimate of drug-likeness (QED) is 0.486. The number of aliphatic carboxylic acids is 1. The van der Waals surface area contributed by atoms with Gasteiger partial charge in [-0.25, -0.2) is 4.79 Å². The molecule has 11 heavy (non-hydrogen) atoms. The van der Waals surface area contributed by atoms with Gasteiger partial charge in [0.25, 0.3) is 0 Å². The van der Waals surface area contributed by atoms with Crippen LogP contribution in [0.2, 0.25) is 0 Å². The third kappa shape index (κ3) is 3.07. The second-order valence-electron chi connectivity index (χ2n) is 2.36. The zero-order valence-electron chi connectivity index (χ0n) is 6.92. The highest BCUT2D eigenvalue weighted by Crippen LogP contribution is 2.12. The van der Waals surface area contributed by atoms with E-state index in [2.05, 4.69) is 0 Å². The summed E-state index contributed by atoms with van der Waals surface area (Å²) in [7, 11) is 0. The number of hydrogen-bond acceptors (Lipinski definition) is 2. The van der Waals surface area contributed by atoms with Crippen molar-refractivity contribution in [2.24, 2.45) is 0 Å². The molecule has 0 aromatic carbocycles. The summed E-state index contributed by atoms with van der Waals surface area (Å²) >= 11 is 0. The van der Waals surface area contributed by atoms with E-state index < -0.39 is 11.7 Å². The third-order valence-corrected chi connectivity index (χ3v) is 1.52. The predicted molar refractivity (Wildman–Crippen MR) is 42.5 cm³/mol. The number of rotatable bonds is 4. The van der Waals surface area contributed by atoms with Crippen molar-refractivity contribution < 1.29 is 15.0 Å². The minimum absolute atomic E-state index is 0.477. The summed E-state index contributed by atoms with van der Waals surface area (Å²) < 4.78 is 0. The molecule has 0 aliphatic carbocycles. The molecule has 0 bridgehead atoms. The van der Waals surface area contributed by atoms with E-state index in [1.54, 1.807) is 0 Å². The van der Waals surface area contributed by atoms with Crippen LogP contribution >= 0.6 is 0 Å². The number of aliphatic hydroxyl groups is 1. The fourth-order valence-corrected chi connectivity index (χ4v) is 0.916. The van der Waals surface area contributed by atoms with Crippen LogP contribution in [-0.2, 0) is 4.79 Å². The van der Waals surface area contributed by atoms with E-state index in [-0.39, 0.29) is 0 Å². The molecule has 0 amide bonds. The summed E-state index contributed by atoms with van der Waals surface area (Å²) in [5, 5.41) is 17.4. The normalized spacial score (nSPS) is 12.5. The van der Waals surface area contributed by atoms with Crippen molar-refractivity contribution in [2.45, 2.75) is 33.1 Å². The lowest BCUT2D eigenvalue weighted by Crippen LogP contribution is -2.03. The van der Waals surface area contributed by atoms with Crippen molar-refractivity contribution in [1.82, 2.24) is 0 Å². The highest BCUT2D eigenvalue weighted by molar-refractivity contribution is 5.84. The second-order valence-corrected chi connectivity index (χ2v) is 2.36. The van der Waals surface area contributed by atoms with Crippen LogP contribution in [0.15, 0.2) is 11.3 Å². The average molecular weight is 158 g/mol. The first-order chi connectivity index (χ1) is 5.13. The van der Waals surface area contributed by atoms with E-state index >= 15 is 0 Å². The van der Waals surface area contributed by atoms with Gasteiger partial charge in [0.05, 0.1) is 0 Å². The van der Waals surface area contributed by atoms with Crippen LogP contribution in [0.25, 0.3) is 0 Å². The van der Waals surface area contributed by atoms with Crippen molar-refractivity contribution in [3.63, 3.8) is 0 Å². The smallest absolute Gasteiger partial charge is 0.370 e. The van der Waals surface area contributed by atoms with Crippen LogP contribution in [0.5, 0.6) is 0 Å². The topological polar surface area (TPSA) is 57.5 Å². The Morgan fingerprint density at radius 3 is 2.09 bits per heavy atom. The third-order valence-electron chi connectivity index (χ3n) is 1.52. The molecule has 0 aromatic heterocycles. The fourth-order valence-electron chi connectivity index (χ4n) is 0.916. The van der Waals surface area contributed by atoms with E-state index in [1.165, 1.54) is 0 Å². The molecule has 3 nitrogen and oxygen atoms in total. The van der Waals surface area contributed by atoms with Gasteiger partial charge in [-0.05, 0) is 18.4 Å². The molecule has 0 rings (SSSR count). The molecule has 0 saturated heterocycles. The molecule has 0 saturated carbocycles. The molecule has 64 valence electrons. The molecule has 0 heterocycles. The van der Waals surface area contributed by atoms with Crippen LogP contribution < -0.4 is 0 Å². The van der Waals surface area contributed by atoms with Gasteiger partial charge >= 0.3 is 5.97 Å². The molecule has 0 radical (unpaired) electrons. The number of carboxylic acids is 1. The maximum atomic E-state index is 10.3. The molecule has 0 fully saturated rings. The minimum Gasteiger partial charge on any atom is -0.502 e. The van der Waals surface area contributed by atoms with E-state index in [1.807, 2.05) is 13.8 Å². The number of carboxylic acid groups (broad SMARTS) is 1. The Labute approximate surface area is 66.4 Å². The summed E-state index contributed by atoms with van der Waals surface area (Å²) in [4.78, 5) is 10.3. The van der Waals surface area contributed by atoms with Crippen LogP contribution in [-0.4, -0.2) is 16.2 Å². The Kier molecular flexibility index (Phi) is 4.34. The van der Waals surface area contributed by atoms with Crippen molar-refractivity contribution in [1.29, 1.82) is 0 Å². The Balaban J connectivity index is 4.39. The first-order valence-electron chi connectivity index (χ1n) is 3.77. The lowest BCUT2D eigenvalue weighted by molar-refractivity contribution is -0.135. The summed E-state index contributed by atoms with van der Waals surface area (Å²) in [6, 6.07) is 0. The summed E-state index contributed by atoms with van der Waals surface area (Å²) in [6.07, 6.45) is 2.13. The summed E-state index contributed by atoms with van der Waals surface area (Å²) in [5.41, 5.74) is 0.625. The molecule has 0 spiro atoms. The van der Waals surface area contributed by atoms with E-state index in [4.69, 9.17) is 10.2 Å². The second kappa shape index (κ2) is 4.77. The SMILES string of the molecule is CCC/C(CC)=C(/O)C(=O)O. The number of hydrogen-bond donors (Lipinski definition) is 2. The van der Waals surface area contributed by atoms with Crippen LogP contribution in [0, 0.1) is 0 Å². The maximum Gasteiger partial charge on any atom is 0.370 e. The van der Waals surface area contributed by atoms with Crippen molar-refractivity contribution in [2.75, 3.05) is 0 Å². The van der Waals surface area contributed by atoms with Crippen molar-refractivity contribution in [3.05, 3.63) is 11.3 Å². The van der Waals surface area contributed by atoms with Gasteiger partial charge in [0, 0.05) is 0 Å². The van der Waals surface area contributed by atoms with Gasteiger partial charge < -0.3 is 10.2 Å². The zero-order chi connectivity index (χ0) is 8.85. The molecule has 0 aliphatic rings. The van der Waals surface area contributed by atoms with Crippen LogP contribution in [0.4, 0.5) is 0 Å². The highest BCUT2D eigenvalue weighted by atomic mass is 16.4. The zero-order valence-corrected chi connectivity index (χ0v) is 6.92. The summed E-state index contributed by atoms with van der Waals surface area (Å²) in [6.45, 7) is 3.79. The molecule has 0 unspecified atom stereocenters. The first kappa shape index (κ1) is 10.0. The Morgan fingerprint density at radius 1 is 1.27 bits per heavy atom. The van der Waals surface area contributed by atoms with E-state index in [0.29, 0.717) is 18.4 Å². The number of aliphatic hydroxyl groups excluding tert-OH is 1. The van der Waals surface area contributed by atoms with Gasteiger partial charge in [0.2, 0.25) is 5.76 Å². The highest BCUT2D eigenvalue weighted by Gasteiger charge is 2.09. The predicted octanol–water partition coefficient (Wildman–Crippen LogP) is 2.09. The average Bonchev–Trinajstić information content (AvgIpc) is 1.98. The molecular weight excluding hydrogens is 144 g/mol. The van der Waals surface area contributed by atoms with Crippen LogP contribution in [0.1, 0.15) is 33.1 Å². The van der Waals surface area contributed by atoms with Gasteiger partial charge in [-0.1, -0.05) is 20.3 Å². The maximum absolute atomic E-state index is 10.3. The molecule has 0 atom stereocenters. The van der Waals surface area contributed by atoms with E-state index in [9.17, 15) is 4.79 Å². The van der Waals surface area contributed by atoms with Gasteiger partial charge in [-0.15, -0.1) is 0 Å². The minimum atomic E-state index is -1.23. The lowest BCUT2D eigenvalue weighted by atomic mass is 10.1. The molecule has 0 aliphatic heterocycles. The number of carbonyl (C=O) groups is 1. The molecule has 2 N–H and O–H groups in total. The van der Waals surface area contributed by atoms with Gasteiger partial charge in [-0.3, -0.25) is 0 Å². The number of allylic oxidation sites excluding steroid dienone is 1. The Morgan fingerprint density at radius 2 is 1.82 bits per heavy atom. The Bertz CT molecular complexity index is 170. The lowest BCUT2D eigenvalue weighted by Gasteiger charge is -2.02. The van der Waals surface area contributed by atoms with Crippen LogP contribution in [0.3, 0.4) is 0 Å². The molecule has 3 heteroatoms. The molecular formula is C8H14O3. The Hall–Kier alpha value is -0.990. The largest absolute Gasteiger partial charge is 0.502 e. The van der Waals surface area contributed by atoms with Crippen molar-refractivity contribution in [3.8, 4) is 0 Å². The monoisotopic (exact) mass is 158 g/mol. The van der Waals surface area contributed by atoms with Gasteiger partial charge in [0.1, 0.15) is 0 Å². The summed E-state index contributed by atoms with van der Waals surface area (Å²) in [5.74, 6) is -1.70. The first-order valence-corrected chi connectivity index (χ1v) is 3.77. The molecule has 0 aromatic rings.